The molecule has 3 aromatic heterocycles. The van der Waals surface area contributed by atoms with Crippen LogP contribution in [-0.4, -0.2) is 66.5 Å². The van der Waals surface area contributed by atoms with Gasteiger partial charge in [0, 0.05) is 45.0 Å². The second-order valence-electron chi connectivity index (χ2n) is 8.00. The minimum atomic E-state index is -0.613. The van der Waals surface area contributed by atoms with Crippen molar-refractivity contribution >= 4 is 40.7 Å². The van der Waals surface area contributed by atoms with Crippen LogP contribution in [0.4, 0.5) is 10.3 Å². The highest BCUT2D eigenvalue weighted by molar-refractivity contribution is 6.40. The zero-order chi connectivity index (χ0) is 24.5. The number of nitrogens with zero attached hydrogens (tertiary/aromatic N) is 7. The first-order chi connectivity index (χ1) is 16.9. The lowest BCUT2D eigenvalue weighted by Gasteiger charge is -2.22. The summed E-state index contributed by atoms with van der Waals surface area (Å²) >= 11 is 12.0. The molecule has 0 bridgehead atoms. The molecular formula is C22H19Cl2FN8O2. The smallest absolute Gasteiger partial charge is 0.339 e. The van der Waals surface area contributed by atoms with Crippen molar-refractivity contribution in [2.75, 3.05) is 31.1 Å². The summed E-state index contributed by atoms with van der Waals surface area (Å²) in [5.74, 6) is -0.404. The van der Waals surface area contributed by atoms with Gasteiger partial charge in [0.25, 0.3) is 5.91 Å². The third-order valence-corrected chi connectivity index (χ3v) is 6.49. The number of anilines is 1. The van der Waals surface area contributed by atoms with Gasteiger partial charge in [-0.1, -0.05) is 29.3 Å². The molecular weight excluding hydrogens is 498 g/mol. The van der Waals surface area contributed by atoms with Gasteiger partial charge in [-0.3, -0.25) is 4.79 Å². The van der Waals surface area contributed by atoms with Gasteiger partial charge < -0.3 is 9.80 Å². The van der Waals surface area contributed by atoms with Crippen molar-refractivity contribution in [1.82, 2.24) is 34.4 Å². The van der Waals surface area contributed by atoms with Gasteiger partial charge in [0.15, 0.2) is 16.0 Å². The van der Waals surface area contributed by atoms with E-state index >= 15 is 0 Å². The van der Waals surface area contributed by atoms with Crippen LogP contribution in [0.1, 0.15) is 28.0 Å². The molecule has 1 saturated heterocycles. The Morgan fingerprint density at radius 3 is 2.71 bits per heavy atom. The Kier molecular flexibility index (Phi) is 6.35. The monoisotopic (exact) mass is 516 g/mol. The fourth-order valence-electron chi connectivity index (χ4n) is 4.07. The highest BCUT2D eigenvalue weighted by atomic mass is 35.5. The largest absolute Gasteiger partial charge is 0.348 e. The molecule has 0 aliphatic carbocycles. The van der Waals surface area contributed by atoms with E-state index < -0.39 is 17.4 Å². The third-order valence-electron chi connectivity index (χ3n) is 5.78. The molecule has 1 aliphatic rings. The highest BCUT2D eigenvalue weighted by Gasteiger charge is 2.24. The first-order valence-corrected chi connectivity index (χ1v) is 11.6. The number of fused-ring (bicyclic) bond motifs is 1. The van der Waals surface area contributed by atoms with Crippen LogP contribution in [0.15, 0.2) is 41.5 Å². The normalized spacial score (nSPS) is 14.4. The Balaban J connectivity index is 1.38. The lowest BCUT2D eigenvalue weighted by Crippen LogP contribution is -2.36. The van der Waals surface area contributed by atoms with Gasteiger partial charge in [-0.15, -0.1) is 0 Å². The molecule has 180 valence electrons. The molecule has 0 unspecified atom stereocenters. The number of hydrogen-bond donors (Lipinski definition) is 1. The Morgan fingerprint density at radius 2 is 1.91 bits per heavy atom. The van der Waals surface area contributed by atoms with Crippen LogP contribution in [0.2, 0.25) is 10.3 Å². The van der Waals surface area contributed by atoms with Crippen molar-refractivity contribution in [2.45, 2.75) is 12.8 Å². The van der Waals surface area contributed by atoms with E-state index in [2.05, 4.69) is 25.1 Å². The van der Waals surface area contributed by atoms with Gasteiger partial charge in [0.1, 0.15) is 11.5 Å². The summed E-state index contributed by atoms with van der Waals surface area (Å²) in [6, 6.07) is 6.05. The molecule has 13 heteroatoms. The van der Waals surface area contributed by atoms with E-state index in [1.54, 1.807) is 29.4 Å². The number of aromatic nitrogens is 6. The summed E-state index contributed by atoms with van der Waals surface area (Å²) in [5.41, 5.74) is 0.556. The van der Waals surface area contributed by atoms with Crippen LogP contribution >= 0.6 is 23.2 Å². The van der Waals surface area contributed by atoms with Gasteiger partial charge in [0.2, 0.25) is 5.95 Å². The minimum Gasteiger partial charge on any atom is -0.339 e. The fraction of sp³-hybridized carbons (Fsp3) is 0.273. The Morgan fingerprint density at radius 1 is 1.11 bits per heavy atom. The summed E-state index contributed by atoms with van der Waals surface area (Å²) in [7, 11) is 0. The number of rotatable bonds is 4. The lowest BCUT2D eigenvalue weighted by molar-refractivity contribution is 0.0762. The van der Waals surface area contributed by atoms with E-state index in [0.29, 0.717) is 49.8 Å². The van der Waals surface area contributed by atoms with Gasteiger partial charge in [-0.05, 0) is 30.2 Å². The molecule has 35 heavy (non-hydrogen) atoms. The van der Waals surface area contributed by atoms with Gasteiger partial charge in [-0.2, -0.15) is 5.10 Å². The van der Waals surface area contributed by atoms with E-state index in [1.165, 1.54) is 12.1 Å². The van der Waals surface area contributed by atoms with Crippen molar-refractivity contribution in [1.29, 1.82) is 0 Å². The molecule has 0 atom stereocenters. The molecule has 4 aromatic rings. The summed E-state index contributed by atoms with van der Waals surface area (Å²) in [6.45, 7) is 2.13. The number of nitrogens with one attached hydrogen (secondary N) is 1. The summed E-state index contributed by atoms with van der Waals surface area (Å²) in [4.78, 5) is 41.6. The quantitative estimate of drug-likeness (QED) is 0.443. The maximum absolute atomic E-state index is 14.7. The van der Waals surface area contributed by atoms with Crippen molar-refractivity contribution < 1.29 is 9.18 Å². The second kappa shape index (κ2) is 9.59. The van der Waals surface area contributed by atoms with Gasteiger partial charge in [-0.25, -0.2) is 33.6 Å². The van der Waals surface area contributed by atoms with Crippen LogP contribution in [0, 0.1) is 5.82 Å². The van der Waals surface area contributed by atoms with Crippen LogP contribution in [0.25, 0.3) is 5.65 Å². The third kappa shape index (κ3) is 4.56. The lowest BCUT2D eigenvalue weighted by atomic mass is 10.0. The topological polar surface area (TPSA) is 112 Å². The predicted molar refractivity (Wildman–Crippen MR) is 128 cm³/mol. The number of benzene rings is 1. The van der Waals surface area contributed by atoms with Crippen LogP contribution in [0.3, 0.4) is 0 Å². The zero-order valence-electron chi connectivity index (χ0n) is 18.3. The molecule has 1 fully saturated rings. The maximum Gasteiger partial charge on any atom is 0.348 e. The van der Waals surface area contributed by atoms with E-state index in [4.69, 9.17) is 23.2 Å². The minimum absolute atomic E-state index is 0.0300. The van der Waals surface area contributed by atoms with Crippen molar-refractivity contribution in [3.05, 3.63) is 80.1 Å². The summed E-state index contributed by atoms with van der Waals surface area (Å²) in [5, 5.41) is 6.34. The van der Waals surface area contributed by atoms with Crippen LogP contribution in [0.5, 0.6) is 0 Å². The number of carbonyl (C=O) groups excluding carboxylic acids is 1. The molecule has 4 heterocycles. The highest BCUT2D eigenvalue weighted by Crippen LogP contribution is 2.24. The molecule has 1 aliphatic heterocycles. The van der Waals surface area contributed by atoms with Crippen molar-refractivity contribution in [3.63, 3.8) is 0 Å². The first kappa shape index (κ1) is 23.2. The zero-order valence-corrected chi connectivity index (χ0v) is 19.8. The molecule has 1 amide bonds. The Labute approximate surface area is 208 Å². The molecule has 1 aromatic carbocycles. The van der Waals surface area contributed by atoms with Crippen LogP contribution in [-0.2, 0) is 6.42 Å². The SMILES string of the molecule is O=C(c1cc(Cc2n[nH]c(=O)n3c(Cl)c(Cl)nc23)ccc1F)N1CCCN(c2ncccn2)CC1. The van der Waals surface area contributed by atoms with E-state index in [-0.39, 0.29) is 27.9 Å². The fourth-order valence-corrected chi connectivity index (χ4v) is 4.44. The molecule has 10 nitrogen and oxygen atoms in total. The number of amides is 1. The van der Waals surface area contributed by atoms with Gasteiger partial charge in [0.05, 0.1) is 5.56 Å². The van der Waals surface area contributed by atoms with Crippen LogP contribution < -0.4 is 10.6 Å². The molecule has 0 radical (unpaired) electrons. The van der Waals surface area contributed by atoms with Crippen molar-refractivity contribution in [2.24, 2.45) is 0 Å². The predicted octanol–water partition coefficient (Wildman–Crippen LogP) is 2.60. The summed E-state index contributed by atoms with van der Waals surface area (Å²) < 4.78 is 15.8. The van der Waals surface area contributed by atoms with E-state index in [9.17, 15) is 14.0 Å². The molecule has 0 spiro atoms. The molecule has 0 saturated carbocycles. The van der Waals surface area contributed by atoms with E-state index in [1.807, 2.05) is 4.90 Å². The van der Waals surface area contributed by atoms with E-state index in [0.717, 1.165) is 4.40 Å². The van der Waals surface area contributed by atoms with Crippen molar-refractivity contribution in [3.8, 4) is 0 Å². The number of H-pyrrole nitrogens is 1. The number of aromatic amines is 1. The average molecular weight is 517 g/mol. The number of imidazole rings is 1. The molecule has 1 N–H and O–H groups in total. The average Bonchev–Trinajstić information content (AvgIpc) is 3.03. The molecule has 5 rings (SSSR count). The second-order valence-corrected chi connectivity index (χ2v) is 8.72. The number of carbonyl (C=O) groups is 1. The first-order valence-electron chi connectivity index (χ1n) is 10.8. The summed E-state index contributed by atoms with van der Waals surface area (Å²) in [6.07, 6.45) is 4.22. The maximum atomic E-state index is 14.7. The standard InChI is InChI=1S/C22H19Cl2FN8O2/c23-17-18(24)33-19(28-17)16(29-30-22(33)35)12-13-3-4-15(25)14(11-13)20(34)31-7-2-8-32(10-9-31)21-26-5-1-6-27-21/h1,3-6,11H,2,7-10,12H2,(H,30,35). The Bertz CT molecular complexity index is 1460. The van der Waals surface area contributed by atoms with Gasteiger partial charge >= 0.3 is 5.69 Å². The number of hydrogen-bond acceptors (Lipinski definition) is 7. The Hall–Kier alpha value is -3.57. The number of halogens is 3.